The number of hydrogen-bond acceptors (Lipinski definition) is 3. The summed E-state index contributed by atoms with van der Waals surface area (Å²) in [5.74, 6) is -1.70. The van der Waals surface area contributed by atoms with Gasteiger partial charge in [-0.25, -0.2) is 4.39 Å². The fraction of sp³-hybridized carbons (Fsp3) is 0. The highest BCUT2D eigenvalue weighted by Gasteiger charge is 2.06. The number of nitrogens with zero attached hydrogens (tertiary/aromatic N) is 1. The first-order valence-corrected chi connectivity index (χ1v) is 4.82. The van der Waals surface area contributed by atoms with Crippen molar-refractivity contribution in [2.75, 3.05) is 0 Å². The lowest BCUT2D eigenvalue weighted by atomic mass is 10.1. The molecule has 0 radical (unpaired) electrons. The van der Waals surface area contributed by atoms with E-state index in [0.29, 0.717) is 11.3 Å². The van der Waals surface area contributed by atoms with Gasteiger partial charge in [-0.05, 0) is 30.3 Å². The highest BCUT2D eigenvalue weighted by molar-refractivity contribution is 5.92. The number of amides is 1. The second-order valence-electron chi connectivity index (χ2n) is 3.46. The second kappa shape index (κ2) is 4.21. The molecule has 0 aliphatic heterocycles. The van der Waals surface area contributed by atoms with Crippen LogP contribution in [-0.2, 0) is 0 Å². The van der Waals surface area contributed by atoms with Gasteiger partial charge in [-0.3, -0.25) is 9.78 Å². The van der Waals surface area contributed by atoms with Crippen molar-refractivity contribution in [1.29, 1.82) is 0 Å². The van der Waals surface area contributed by atoms with E-state index in [0.717, 1.165) is 0 Å². The van der Waals surface area contributed by atoms with E-state index in [9.17, 15) is 9.18 Å². The van der Waals surface area contributed by atoms with Crippen LogP contribution in [0.3, 0.4) is 0 Å². The lowest BCUT2D eigenvalue weighted by Crippen LogP contribution is -2.10. The molecule has 17 heavy (non-hydrogen) atoms. The van der Waals surface area contributed by atoms with Crippen molar-refractivity contribution in [2.45, 2.75) is 0 Å². The van der Waals surface area contributed by atoms with Crippen LogP contribution >= 0.6 is 0 Å². The Labute approximate surface area is 96.5 Å². The Kier molecular flexibility index (Phi) is 2.74. The average molecular weight is 232 g/mol. The van der Waals surface area contributed by atoms with Gasteiger partial charge in [0.25, 0.3) is 0 Å². The minimum Gasteiger partial charge on any atom is -0.505 e. The molecule has 86 valence electrons. The van der Waals surface area contributed by atoms with Gasteiger partial charge in [0.05, 0.1) is 11.3 Å². The fourth-order valence-corrected chi connectivity index (χ4v) is 1.38. The highest BCUT2D eigenvalue weighted by Crippen LogP contribution is 2.23. The number of carbonyl (C=O) groups is 1. The summed E-state index contributed by atoms with van der Waals surface area (Å²) < 4.78 is 13.1. The summed E-state index contributed by atoms with van der Waals surface area (Å²) in [6.45, 7) is 0. The zero-order valence-electron chi connectivity index (χ0n) is 8.72. The van der Waals surface area contributed by atoms with Crippen LogP contribution in [0.1, 0.15) is 10.4 Å². The fourth-order valence-electron chi connectivity index (χ4n) is 1.38. The average Bonchev–Trinajstić information content (AvgIpc) is 2.33. The quantitative estimate of drug-likeness (QED) is 0.827. The maximum atomic E-state index is 13.1. The van der Waals surface area contributed by atoms with Gasteiger partial charge in [0, 0.05) is 11.8 Å². The molecule has 2 rings (SSSR count). The van der Waals surface area contributed by atoms with Gasteiger partial charge in [-0.2, -0.15) is 0 Å². The minimum atomic E-state index is -0.719. The summed E-state index contributed by atoms with van der Waals surface area (Å²) in [5, 5.41) is 9.05. The van der Waals surface area contributed by atoms with E-state index in [4.69, 9.17) is 10.8 Å². The summed E-state index contributed by atoms with van der Waals surface area (Å²) >= 11 is 0. The van der Waals surface area contributed by atoms with E-state index in [-0.39, 0.29) is 5.56 Å². The molecule has 4 nitrogen and oxygen atoms in total. The van der Waals surface area contributed by atoms with E-state index in [2.05, 4.69) is 4.98 Å². The molecule has 1 amide bonds. The summed E-state index contributed by atoms with van der Waals surface area (Å²) in [6.07, 6.45) is 1.32. The van der Waals surface area contributed by atoms with Gasteiger partial charge in [0.1, 0.15) is 0 Å². The van der Waals surface area contributed by atoms with Gasteiger partial charge in [0.15, 0.2) is 11.6 Å². The molecule has 1 aromatic heterocycles. The lowest BCUT2D eigenvalue weighted by molar-refractivity contribution is 0.1000. The van der Waals surface area contributed by atoms with Crippen LogP contribution in [0.5, 0.6) is 5.75 Å². The zero-order chi connectivity index (χ0) is 12.4. The Hall–Kier alpha value is -2.43. The SMILES string of the molecule is NC(=O)c1ccc(-c2ccc(O)c(F)c2)nc1. The Morgan fingerprint density at radius 2 is 2.06 bits per heavy atom. The molecule has 0 saturated carbocycles. The zero-order valence-corrected chi connectivity index (χ0v) is 8.72. The lowest BCUT2D eigenvalue weighted by Gasteiger charge is -2.02. The summed E-state index contributed by atoms with van der Waals surface area (Å²) in [4.78, 5) is 14.8. The number of phenolic OH excluding ortho intramolecular Hbond substituents is 1. The molecule has 0 saturated heterocycles. The predicted octanol–water partition coefficient (Wildman–Crippen LogP) is 1.69. The molecule has 0 aliphatic carbocycles. The van der Waals surface area contributed by atoms with E-state index < -0.39 is 17.5 Å². The van der Waals surface area contributed by atoms with Crippen molar-refractivity contribution in [3.63, 3.8) is 0 Å². The normalized spacial score (nSPS) is 10.2. The number of benzene rings is 1. The molecular formula is C12H9FN2O2. The number of aromatic hydroxyl groups is 1. The number of primary amides is 1. The van der Waals surface area contributed by atoms with Crippen LogP contribution in [0.25, 0.3) is 11.3 Å². The van der Waals surface area contributed by atoms with E-state index >= 15 is 0 Å². The first-order valence-electron chi connectivity index (χ1n) is 4.82. The van der Waals surface area contributed by atoms with Crippen LogP contribution in [0.2, 0.25) is 0 Å². The maximum absolute atomic E-state index is 13.1. The van der Waals surface area contributed by atoms with Gasteiger partial charge in [0.2, 0.25) is 5.91 Å². The molecule has 1 aromatic carbocycles. The molecule has 2 aromatic rings. The van der Waals surface area contributed by atoms with E-state index in [1.165, 1.54) is 30.5 Å². The maximum Gasteiger partial charge on any atom is 0.250 e. The van der Waals surface area contributed by atoms with Gasteiger partial charge >= 0.3 is 0 Å². The number of halogens is 1. The predicted molar refractivity (Wildman–Crippen MR) is 59.8 cm³/mol. The number of hydrogen-bond donors (Lipinski definition) is 2. The van der Waals surface area contributed by atoms with Crippen LogP contribution in [0.4, 0.5) is 4.39 Å². The topological polar surface area (TPSA) is 76.2 Å². The van der Waals surface area contributed by atoms with Crippen LogP contribution < -0.4 is 5.73 Å². The van der Waals surface area contributed by atoms with E-state index in [1.807, 2.05) is 0 Å². The molecule has 0 spiro atoms. The van der Waals surface area contributed by atoms with Crippen LogP contribution in [-0.4, -0.2) is 16.0 Å². The number of rotatable bonds is 2. The molecule has 1 heterocycles. The number of carbonyl (C=O) groups excluding carboxylic acids is 1. The van der Waals surface area contributed by atoms with Gasteiger partial charge in [-0.15, -0.1) is 0 Å². The van der Waals surface area contributed by atoms with Crippen LogP contribution in [0.15, 0.2) is 36.5 Å². The van der Waals surface area contributed by atoms with Crippen molar-refractivity contribution in [3.8, 4) is 17.0 Å². The third-order valence-electron chi connectivity index (χ3n) is 2.29. The Morgan fingerprint density at radius 3 is 2.59 bits per heavy atom. The highest BCUT2D eigenvalue weighted by atomic mass is 19.1. The van der Waals surface area contributed by atoms with Gasteiger partial charge in [-0.1, -0.05) is 0 Å². The number of phenols is 1. The second-order valence-corrected chi connectivity index (χ2v) is 3.46. The summed E-state index contributed by atoms with van der Waals surface area (Å²) in [7, 11) is 0. The smallest absolute Gasteiger partial charge is 0.250 e. The Balaban J connectivity index is 2.39. The standard InChI is InChI=1S/C12H9FN2O2/c13-9-5-7(2-4-11(9)16)10-3-1-8(6-15-10)12(14)17/h1-6,16H,(H2,14,17). The van der Waals surface area contributed by atoms with Crippen molar-refractivity contribution in [1.82, 2.24) is 4.98 Å². The van der Waals surface area contributed by atoms with Crippen molar-refractivity contribution in [3.05, 3.63) is 47.9 Å². The third kappa shape index (κ3) is 2.23. The molecule has 0 bridgehead atoms. The number of pyridine rings is 1. The van der Waals surface area contributed by atoms with Crippen molar-refractivity contribution in [2.24, 2.45) is 5.73 Å². The third-order valence-corrected chi connectivity index (χ3v) is 2.29. The molecule has 3 N–H and O–H groups in total. The Morgan fingerprint density at radius 1 is 1.29 bits per heavy atom. The monoisotopic (exact) mass is 232 g/mol. The molecule has 5 heteroatoms. The molecule has 0 atom stereocenters. The number of nitrogens with two attached hydrogens (primary N) is 1. The first-order chi connectivity index (χ1) is 8.08. The Bertz CT molecular complexity index is 567. The van der Waals surface area contributed by atoms with Crippen LogP contribution in [0, 0.1) is 5.82 Å². The molecule has 0 fully saturated rings. The molecule has 0 unspecified atom stereocenters. The van der Waals surface area contributed by atoms with Crippen molar-refractivity contribution < 1.29 is 14.3 Å². The molecular weight excluding hydrogens is 223 g/mol. The van der Waals surface area contributed by atoms with Crippen molar-refractivity contribution >= 4 is 5.91 Å². The minimum absolute atomic E-state index is 0.285. The first kappa shape index (κ1) is 11.1. The summed E-state index contributed by atoms with van der Waals surface area (Å²) in [5.41, 5.74) is 6.36. The summed E-state index contributed by atoms with van der Waals surface area (Å²) in [6, 6.07) is 7.02. The number of aromatic nitrogens is 1. The van der Waals surface area contributed by atoms with Gasteiger partial charge < -0.3 is 10.8 Å². The largest absolute Gasteiger partial charge is 0.505 e. The molecule has 0 aliphatic rings. The van der Waals surface area contributed by atoms with E-state index in [1.54, 1.807) is 6.07 Å².